The minimum Gasteiger partial charge on any atom is -0.379 e. The van der Waals surface area contributed by atoms with E-state index in [0.717, 1.165) is 0 Å². The van der Waals surface area contributed by atoms with Gasteiger partial charge in [-0.1, -0.05) is 38.5 Å². The molecular weight excluding hydrogens is 200 g/mol. The van der Waals surface area contributed by atoms with Gasteiger partial charge in [-0.15, -0.1) is 0 Å². The Bertz CT molecular complexity index is 137. The van der Waals surface area contributed by atoms with Crippen molar-refractivity contribution in [1.82, 2.24) is 0 Å². The molecule has 1 saturated carbocycles. The van der Waals surface area contributed by atoms with Crippen molar-refractivity contribution in [3.63, 3.8) is 0 Å². The number of methoxy groups -OCH3 is 1. The Morgan fingerprint density at radius 3 is 1.06 bits per heavy atom. The van der Waals surface area contributed by atoms with Crippen molar-refractivity contribution in [3.8, 4) is 0 Å². The van der Waals surface area contributed by atoms with Gasteiger partial charge in [-0.25, -0.2) is 0 Å². The number of carbonyl (C=O) groups is 1. The second-order valence-electron chi connectivity index (χ2n) is 5.35. The van der Waals surface area contributed by atoms with Crippen molar-refractivity contribution in [2.24, 2.45) is 0 Å². The van der Waals surface area contributed by atoms with Crippen LogP contribution in [0.2, 0.25) is 0 Å². The number of ether oxygens (including phenoxy) is 1. The lowest BCUT2D eigenvalue weighted by Gasteiger charge is -2.14. The Kier molecular flexibility index (Phi) is 12.5. The first-order chi connectivity index (χ1) is 7.29. The maximum atomic E-state index is 9.44. The van der Waals surface area contributed by atoms with E-state index < -0.39 is 0 Å². The van der Waals surface area contributed by atoms with Gasteiger partial charge in [-0.3, -0.25) is 0 Å². The molecule has 0 aliphatic heterocycles. The predicted octanol–water partition coefficient (Wildman–Crippen LogP) is 4.37. The zero-order valence-electron chi connectivity index (χ0n) is 12.1. The second kappa shape index (κ2) is 11.1. The number of rotatable bonds is 0. The minimum atomic E-state index is 0.0417. The summed E-state index contributed by atoms with van der Waals surface area (Å²) in [6, 6.07) is 0. The lowest BCUT2D eigenvalue weighted by molar-refractivity contribution is -0.114. The molecule has 0 aromatic carbocycles. The van der Waals surface area contributed by atoms with Crippen LogP contribution in [-0.4, -0.2) is 18.5 Å². The van der Waals surface area contributed by atoms with Crippen molar-refractivity contribution in [2.75, 3.05) is 7.11 Å². The molecule has 0 atom stereocenters. The van der Waals surface area contributed by atoms with Crippen LogP contribution in [0, 0.1) is 0 Å². The van der Waals surface area contributed by atoms with Crippen LogP contribution in [0.4, 0.5) is 0 Å². The molecule has 1 rings (SSSR count). The van der Waals surface area contributed by atoms with Gasteiger partial charge in [0.25, 0.3) is 0 Å². The summed E-state index contributed by atoms with van der Waals surface area (Å²) in [5.41, 5.74) is 0.0417. The molecule has 0 N–H and O–H groups in total. The summed E-state index contributed by atoms with van der Waals surface area (Å²) in [6.07, 6.45) is 9.00. The third kappa shape index (κ3) is 29.2. The standard InChI is InChI=1S/C6H12.C5H12O.C3H6O/c1-2-4-6-5-3-1;1-5(2,3)6-4;1-3(2)4/h1-6H2;1-4H3;1-2H3. The van der Waals surface area contributed by atoms with E-state index in [-0.39, 0.29) is 11.4 Å². The van der Waals surface area contributed by atoms with Gasteiger partial charge in [0.15, 0.2) is 0 Å². The smallest absolute Gasteiger partial charge is 0.126 e. The van der Waals surface area contributed by atoms with Crippen molar-refractivity contribution >= 4 is 5.78 Å². The van der Waals surface area contributed by atoms with Crippen molar-refractivity contribution in [2.45, 2.75) is 78.7 Å². The number of carbonyl (C=O) groups excluding carboxylic acids is 1. The van der Waals surface area contributed by atoms with Crippen LogP contribution in [0.25, 0.3) is 0 Å². The van der Waals surface area contributed by atoms with Gasteiger partial charge in [-0.2, -0.15) is 0 Å². The molecule has 98 valence electrons. The second-order valence-corrected chi connectivity index (χ2v) is 5.35. The molecule has 0 heterocycles. The van der Waals surface area contributed by atoms with Crippen LogP contribution in [0.5, 0.6) is 0 Å². The summed E-state index contributed by atoms with van der Waals surface area (Å²) >= 11 is 0. The Morgan fingerprint density at radius 1 is 0.875 bits per heavy atom. The number of ketones is 1. The van der Waals surface area contributed by atoms with Gasteiger partial charge in [0.05, 0.1) is 5.60 Å². The summed E-state index contributed by atoms with van der Waals surface area (Å²) in [6.45, 7) is 9.12. The summed E-state index contributed by atoms with van der Waals surface area (Å²) in [5, 5.41) is 0. The van der Waals surface area contributed by atoms with E-state index >= 15 is 0 Å². The van der Waals surface area contributed by atoms with Crippen LogP contribution in [0.1, 0.15) is 73.1 Å². The van der Waals surface area contributed by atoms with E-state index in [1.54, 1.807) is 7.11 Å². The van der Waals surface area contributed by atoms with Gasteiger partial charge in [-0.05, 0) is 34.6 Å². The molecule has 1 aliphatic rings. The molecule has 0 aromatic rings. The van der Waals surface area contributed by atoms with Crippen LogP contribution in [0.3, 0.4) is 0 Å². The number of hydrogen-bond acceptors (Lipinski definition) is 2. The zero-order chi connectivity index (χ0) is 13.0. The largest absolute Gasteiger partial charge is 0.379 e. The lowest BCUT2D eigenvalue weighted by atomic mass is 10.0. The van der Waals surface area contributed by atoms with Gasteiger partial charge in [0.2, 0.25) is 0 Å². The first kappa shape index (κ1) is 18.0. The first-order valence-electron chi connectivity index (χ1n) is 6.32. The molecule has 0 amide bonds. The predicted molar refractivity (Wildman–Crippen MR) is 70.8 cm³/mol. The monoisotopic (exact) mass is 230 g/mol. The quantitative estimate of drug-likeness (QED) is 0.618. The van der Waals surface area contributed by atoms with Crippen LogP contribution in [0.15, 0.2) is 0 Å². The number of Topliss-reactive ketones (excluding diaryl/α,β-unsaturated/α-hetero) is 1. The molecule has 0 spiro atoms. The molecular formula is C14H30O2. The Hall–Kier alpha value is -0.370. The summed E-state index contributed by atoms with van der Waals surface area (Å²) < 4.78 is 4.94. The fourth-order valence-electron chi connectivity index (χ4n) is 1.06. The van der Waals surface area contributed by atoms with E-state index in [4.69, 9.17) is 4.74 Å². The Morgan fingerprint density at radius 2 is 1.00 bits per heavy atom. The third-order valence-electron chi connectivity index (χ3n) is 2.11. The fraction of sp³-hybridized carbons (Fsp3) is 0.929. The van der Waals surface area contributed by atoms with Gasteiger partial charge in [0.1, 0.15) is 5.78 Å². The molecule has 0 radical (unpaired) electrons. The van der Waals surface area contributed by atoms with Crippen molar-refractivity contribution < 1.29 is 9.53 Å². The summed E-state index contributed by atoms with van der Waals surface area (Å²) in [7, 11) is 1.71. The Balaban J connectivity index is 0. The van der Waals surface area contributed by atoms with Gasteiger partial charge < -0.3 is 9.53 Å². The molecule has 16 heavy (non-hydrogen) atoms. The molecule has 0 bridgehead atoms. The zero-order valence-corrected chi connectivity index (χ0v) is 12.1. The van der Waals surface area contributed by atoms with Crippen LogP contribution in [-0.2, 0) is 9.53 Å². The van der Waals surface area contributed by atoms with Crippen LogP contribution >= 0.6 is 0 Å². The van der Waals surface area contributed by atoms with Gasteiger partial charge >= 0.3 is 0 Å². The highest BCUT2D eigenvalue weighted by molar-refractivity contribution is 5.72. The summed E-state index contributed by atoms with van der Waals surface area (Å²) in [5.74, 6) is 0.167. The van der Waals surface area contributed by atoms with Gasteiger partial charge in [0, 0.05) is 7.11 Å². The first-order valence-corrected chi connectivity index (χ1v) is 6.32. The molecule has 2 heteroatoms. The third-order valence-corrected chi connectivity index (χ3v) is 2.11. The fourth-order valence-corrected chi connectivity index (χ4v) is 1.06. The number of hydrogen-bond donors (Lipinski definition) is 0. The van der Waals surface area contributed by atoms with E-state index in [1.807, 2.05) is 20.8 Å². The van der Waals surface area contributed by atoms with E-state index in [9.17, 15) is 4.79 Å². The molecule has 0 aromatic heterocycles. The molecule has 0 unspecified atom stereocenters. The maximum absolute atomic E-state index is 9.44. The highest BCUT2D eigenvalue weighted by Gasteiger charge is 2.04. The van der Waals surface area contributed by atoms with Crippen molar-refractivity contribution in [3.05, 3.63) is 0 Å². The van der Waals surface area contributed by atoms with Crippen molar-refractivity contribution in [1.29, 1.82) is 0 Å². The molecule has 1 fully saturated rings. The highest BCUT2D eigenvalue weighted by Crippen LogP contribution is 2.15. The van der Waals surface area contributed by atoms with Crippen LogP contribution < -0.4 is 0 Å². The SMILES string of the molecule is C1CCCCC1.CC(C)=O.COC(C)(C)C. The molecule has 1 aliphatic carbocycles. The normalized spacial score (nSPS) is 15.1. The maximum Gasteiger partial charge on any atom is 0.126 e. The topological polar surface area (TPSA) is 26.3 Å². The Labute approximate surface area is 102 Å². The van der Waals surface area contributed by atoms with E-state index in [0.29, 0.717) is 0 Å². The lowest BCUT2D eigenvalue weighted by Crippen LogP contribution is -2.15. The minimum absolute atomic E-state index is 0.0417. The summed E-state index contributed by atoms with van der Waals surface area (Å²) in [4.78, 5) is 9.44. The molecule has 2 nitrogen and oxygen atoms in total. The van der Waals surface area contributed by atoms with E-state index in [2.05, 4.69) is 0 Å². The highest BCUT2D eigenvalue weighted by atomic mass is 16.5. The molecule has 0 saturated heterocycles. The average molecular weight is 230 g/mol. The van der Waals surface area contributed by atoms with E-state index in [1.165, 1.54) is 52.4 Å². The average Bonchev–Trinajstić information content (AvgIpc) is 2.19.